The molecule has 1 aromatic carbocycles. The van der Waals surface area contributed by atoms with Crippen molar-refractivity contribution in [3.63, 3.8) is 0 Å². The third-order valence-electron chi connectivity index (χ3n) is 4.10. The average Bonchev–Trinajstić information content (AvgIpc) is 3.31. The molecule has 144 valence electrons. The van der Waals surface area contributed by atoms with E-state index in [2.05, 4.69) is 29.7 Å². The Balaban J connectivity index is 2.09. The molecule has 0 radical (unpaired) electrons. The molecule has 2 heterocycles. The Morgan fingerprint density at radius 1 is 1.36 bits per heavy atom. The van der Waals surface area contributed by atoms with Gasteiger partial charge in [0.05, 0.1) is 30.6 Å². The Morgan fingerprint density at radius 3 is 2.75 bits per heavy atom. The van der Waals surface area contributed by atoms with Gasteiger partial charge in [-0.05, 0) is 62.6 Å². The molecule has 3 rings (SSSR count). The fraction of sp³-hybridized carbons (Fsp3) is 0.286. The molecule has 1 amide bonds. The number of methoxy groups -OCH3 is 1. The number of benzene rings is 1. The highest BCUT2D eigenvalue weighted by molar-refractivity contribution is 7.04. The summed E-state index contributed by atoms with van der Waals surface area (Å²) in [5, 5.41) is 9.13. The van der Waals surface area contributed by atoms with E-state index in [-0.39, 0.29) is 11.1 Å². The van der Waals surface area contributed by atoms with E-state index in [1.807, 2.05) is 24.4 Å². The number of furan rings is 1. The zero-order chi connectivity index (χ0) is 20.3. The van der Waals surface area contributed by atoms with Gasteiger partial charge in [-0.15, -0.1) is 0 Å². The highest BCUT2D eigenvalue weighted by atomic mass is 32.1. The summed E-state index contributed by atoms with van der Waals surface area (Å²) < 4.78 is 13.4. The van der Waals surface area contributed by atoms with Gasteiger partial charge in [0.25, 0.3) is 5.91 Å². The van der Waals surface area contributed by atoms with Crippen molar-refractivity contribution in [3.05, 3.63) is 69.9 Å². The van der Waals surface area contributed by atoms with Crippen LogP contribution >= 0.6 is 11.5 Å². The number of amides is 1. The number of nitriles is 1. The van der Waals surface area contributed by atoms with Crippen molar-refractivity contribution < 1.29 is 13.9 Å². The van der Waals surface area contributed by atoms with E-state index in [0.29, 0.717) is 22.4 Å². The van der Waals surface area contributed by atoms with Crippen molar-refractivity contribution in [1.29, 1.82) is 5.26 Å². The Morgan fingerprint density at radius 2 is 2.14 bits per heavy atom. The van der Waals surface area contributed by atoms with Crippen LogP contribution in [0.3, 0.4) is 0 Å². The molecule has 0 aliphatic carbocycles. The molecule has 0 bridgehead atoms. The summed E-state index contributed by atoms with van der Waals surface area (Å²) in [6.45, 7) is 6.27. The first-order valence-electron chi connectivity index (χ1n) is 8.73. The molecule has 0 unspecified atom stereocenters. The van der Waals surface area contributed by atoms with Gasteiger partial charge in [0, 0.05) is 23.7 Å². The number of carbonyl (C=O) groups excluding carboxylic acids is 1. The molecular weight excluding hydrogens is 374 g/mol. The summed E-state index contributed by atoms with van der Waals surface area (Å²) in [6, 6.07) is 10.5. The van der Waals surface area contributed by atoms with E-state index in [1.54, 1.807) is 18.4 Å². The van der Waals surface area contributed by atoms with E-state index >= 15 is 0 Å². The lowest BCUT2D eigenvalue weighted by Crippen LogP contribution is -2.18. The monoisotopic (exact) mass is 395 g/mol. The van der Waals surface area contributed by atoms with Crippen LogP contribution in [-0.2, 0) is 12.0 Å². The molecule has 0 aliphatic rings. The van der Waals surface area contributed by atoms with Crippen molar-refractivity contribution >= 4 is 17.4 Å². The zero-order valence-corrected chi connectivity index (χ0v) is 17.0. The number of hydrogen-bond acceptors (Lipinski definition) is 5. The first kappa shape index (κ1) is 19.6. The standard InChI is InChI=1S/C21H21N3O3S/c1-21(2,3)24-13-15(11-16-6-5-9-27-16)20(28-24)23-19(25)17-10-14(12-22)7-8-18(17)26-4/h5-10,13H,11H2,1-4H3/b23-20-. The summed E-state index contributed by atoms with van der Waals surface area (Å²) in [4.78, 5) is 17.2. The minimum absolute atomic E-state index is 0.141. The van der Waals surface area contributed by atoms with E-state index in [9.17, 15) is 4.79 Å². The predicted molar refractivity (Wildman–Crippen MR) is 106 cm³/mol. The Bertz CT molecular complexity index is 1090. The lowest BCUT2D eigenvalue weighted by atomic mass is 10.1. The quantitative estimate of drug-likeness (QED) is 0.666. The Labute approximate surface area is 167 Å². The fourth-order valence-electron chi connectivity index (χ4n) is 2.62. The van der Waals surface area contributed by atoms with Crippen molar-refractivity contribution in [1.82, 2.24) is 3.96 Å². The number of rotatable bonds is 4. The molecule has 7 heteroatoms. The smallest absolute Gasteiger partial charge is 0.282 e. The summed E-state index contributed by atoms with van der Waals surface area (Å²) >= 11 is 1.42. The third kappa shape index (κ3) is 4.24. The molecule has 0 atom stereocenters. The highest BCUT2D eigenvalue weighted by Crippen LogP contribution is 2.22. The van der Waals surface area contributed by atoms with E-state index in [0.717, 1.165) is 11.3 Å². The van der Waals surface area contributed by atoms with Gasteiger partial charge >= 0.3 is 0 Å². The Hall–Kier alpha value is -3.11. The Kier molecular flexibility index (Phi) is 5.52. The van der Waals surface area contributed by atoms with E-state index < -0.39 is 5.91 Å². The SMILES string of the molecule is COc1ccc(C#N)cc1C(=O)/N=c1\sn(C(C)(C)C)cc1Cc1ccco1. The minimum atomic E-state index is -0.447. The maximum atomic E-state index is 12.9. The predicted octanol–water partition coefficient (Wildman–Crippen LogP) is 4.11. The molecule has 0 spiro atoms. The van der Waals surface area contributed by atoms with Crippen LogP contribution in [0.25, 0.3) is 0 Å². The largest absolute Gasteiger partial charge is 0.496 e. The van der Waals surface area contributed by atoms with Gasteiger partial charge in [0.1, 0.15) is 16.2 Å². The topological polar surface area (TPSA) is 80.5 Å². The molecule has 0 saturated heterocycles. The lowest BCUT2D eigenvalue weighted by Gasteiger charge is -2.19. The molecule has 0 aliphatic heterocycles. The first-order valence-corrected chi connectivity index (χ1v) is 9.51. The number of aromatic nitrogens is 1. The van der Waals surface area contributed by atoms with Crippen LogP contribution in [0.4, 0.5) is 0 Å². The van der Waals surface area contributed by atoms with E-state index in [4.69, 9.17) is 14.4 Å². The normalized spacial score (nSPS) is 12.0. The van der Waals surface area contributed by atoms with Gasteiger partial charge in [-0.25, -0.2) is 0 Å². The second-order valence-corrected chi connectivity index (χ2v) is 8.21. The number of nitrogens with zero attached hydrogens (tertiary/aromatic N) is 3. The molecule has 0 fully saturated rings. The third-order valence-corrected chi connectivity index (χ3v) is 5.48. The van der Waals surface area contributed by atoms with Crippen LogP contribution in [0.2, 0.25) is 0 Å². The van der Waals surface area contributed by atoms with Gasteiger partial charge in [-0.2, -0.15) is 10.3 Å². The molecule has 0 saturated carbocycles. The molecule has 3 aromatic rings. The van der Waals surface area contributed by atoms with Gasteiger partial charge < -0.3 is 9.15 Å². The fourth-order valence-corrected chi connectivity index (χ4v) is 3.62. The number of ether oxygens (including phenoxy) is 1. The second-order valence-electron chi connectivity index (χ2n) is 7.25. The van der Waals surface area contributed by atoms with Crippen LogP contribution in [-0.4, -0.2) is 17.0 Å². The minimum Gasteiger partial charge on any atom is -0.496 e. The second kappa shape index (κ2) is 7.87. The van der Waals surface area contributed by atoms with Crippen LogP contribution < -0.4 is 9.41 Å². The van der Waals surface area contributed by atoms with Crippen molar-refractivity contribution in [3.8, 4) is 11.8 Å². The van der Waals surface area contributed by atoms with Crippen molar-refractivity contribution in [2.45, 2.75) is 32.7 Å². The maximum Gasteiger partial charge on any atom is 0.282 e. The molecule has 28 heavy (non-hydrogen) atoms. The number of carbonyl (C=O) groups is 1. The van der Waals surface area contributed by atoms with Crippen molar-refractivity contribution in [2.75, 3.05) is 7.11 Å². The first-order chi connectivity index (χ1) is 13.3. The van der Waals surface area contributed by atoms with Crippen molar-refractivity contribution in [2.24, 2.45) is 4.99 Å². The van der Waals surface area contributed by atoms with Crippen LogP contribution in [0.5, 0.6) is 5.75 Å². The molecule has 6 nitrogen and oxygen atoms in total. The number of hydrogen-bond donors (Lipinski definition) is 0. The van der Waals surface area contributed by atoms with E-state index in [1.165, 1.54) is 24.7 Å². The zero-order valence-electron chi connectivity index (χ0n) is 16.2. The van der Waals surface area contributed by atoms with Gasteiger partial charge in [-0.1, -0.05) is 0 Å². The highest BCUT2D eigenvalue weighted by Gasteiger charge is 2.18. The van der Waals surface area contributed by atoms with Crippen LogP contribution in [0, 0.1) is 11.3 Å². The van der Waals surface area contributed by atoms with Gasteiger partial charge in [-0.3, -0.25) is 8.75 Å². The summed E-state index contributed by atoms with van der Waals surface area (Å²) in [7, 11) is 1.49. The average molecular weight is 395 g/mol. The molecule has 0 N–H and O–H groups in total. The lowest BCUT2D eigenvalue weighted by molar-refractivity contribution is 0.0996. The van der Waals surface area contributed by atoms with Crippen LogP contribution in [0.15, 0.2) is 52.2 Å². The molecule has 2 aromatic heterocycles. The van der Waals surface area contributed by atoms with Gasteiger partial charge in [0.15, 0.2) is 0 Å². The van der Waals surface area contributed by atoms with Crippen LogP contribution in [0.1, 0.15) is 48.0 Å². The maximum absolute atomic E-state index is 12.9. The summed E-state index contributed by atoms with van der Waals surface area (Å²) in [5.41, 5.74) is 1.41. The summed E-state index contributed by atoms with van der Waals surface area (Å²) in [5.74, 6) is 0.741. The summed E-state index contributed by atoms with van der Waals surface area (Å²) in [6.07, 6.45) is 4.16. The van der Waals surface area contributed by atoms with Gasteiger partial charge in [0.2, 0.25) is 0 Å². The molecular formula is C21H21N3O3S.